The molecule has 138 valence electrons. The molecule has 0 heterocycles. The third-order valence-corrected chi connectivity index (χ3v) is 6.16. The fourth-order valence-corrected chi connectivity index (χ4v) is 4.41. The van der Waals surface area contributed by atoms with Gasteiger partial charge in [-0.25, -0.2) is 8.42 Å². The summed E-state index contributed by atoms with van der Waals surface area (Å²) < 4.78 is 26.9. The van der Waals surface area contributed by atoms with E-state index in [0.717, 1.165) is 12.1 Å². The minimum Gasteiger partial charge on any atom is -0.279 e. The predicted molar refractivity (Wildman–Crippen MR) is 99.5 cm³/mol. The van der Waals surface area contributed by atoms with Crippen molar-refractivity contribution in [2.75, 3.05) is 4.31 Å². The fourth-order valence-electron chi connectivity index (χ4n) is 2.16. The number of anilines is 1. The van der Waals surface area contributed by atoms with Gasteiger partial charge in [0.1, 0.15) is 6.04 Å². The summed E-state index contributed by atoms with van der Waals surface area (Å²) in [6.45, 7) is 1.27. The van der Waals surface area contributed by atoms with E-state index in [9.17, 15) is 23.3 Å². The van der Waals surface area contributed by atoms with Gasteiger partial charge in [0, 0.05) is 17.2 Å². The van der Waals surface area contributed by atoms with Gasteiger partial charge in [-0.05, 0) is 42.8 Å². The maximum absolute atomic E-state index is 13.1. The zero-order valence-corrected chi connectivity index (χ0v) is 16.2. The Hall–Kier alpha value is -1.87. The van der Waals surface area contributed by atoms with E-state index >= 15 is 0 Å². The molecule has 0 saturated heterocycles. The second-order valence-electron chi connectivity index (χ2n) is 5.13. The van der Waals surface area contributed by atoms with Gasteiger partial charge in [-0.1, -0.05) is 29.3 Å². The van der Waals surface area contributed by atoms with Crippen molar-refractivity contribution in [3.8, 4) is 0 Å². The summed E-state index contributed by atoms with van der Waals surface area (Å²) in [7, 11) is -4.41. The van der Waals surface area contributed by atoms with Crippen LogP contribution in [0, 0.1) is 10.1 Å². The Balaban J connectivity index is 2.72. The van der Waals surface area contributed by atoms with Crippen molar-refractivity contribution in [3.05, 3.63) is 62.6 Å². The average molecular weight is 438 g/mol. The van der Waals surface area contributed by atoms with Crippen LogP contribution < -0.4 is 4.31 Å². The highest BCUT2D eigenvalue weighted by Gasteiger charge is 2.34. The average Bonchev–Trinajstić information content (AvgIpc) is 2.57. The highest BCUT2D eigenvalue weighted by Crippen LogP contribution is 2.35. The number of hydrogen-bond acceptors (Lipinski definition) is 5. The largest absolute Gasteiger partial charge is 0.279 e. The van der Waals surface area contributed by atoms with Gasteiger partial charge in [0.2, 0.25) is 5.24 Å². The second kappa shape index (κ2) is 7.79. The Labute approximate surface area is 164 Å². The van der Waals surface area contributed by atoms with Crippen LogP contribution in [-0.2, 0) is 14.8 Å². The number of non-ortho nitro benzene ring substituents is 1. The molecule has 1 unspecified atom stereocenters. The fraction of sp³-hybridized carbons (Fsp3) is 0.133. The molecule has 0 aromatic heterocycles. The smallest absolute Gasteiger partial charge is 0.270 e. The Kier molecular flexibility index (Phi) is 6.13. The van der Waals surface area contributed by atoms with Crippen LogP contribution in [0.2, 0.25) is 10.0 Å². The van der Waals surface area contributed by atoms with Crippen molar-refractivity contribution in [3.63, 3.8) is 0 Å². The molecule has 0 N–H and O–H groups in total. The van der Waals surface area contributed by atoms with Gasteiger partial charge < -0.3 is 0 Å². The van der Waals surface area contributed by atoms with Gasteiger partial charge in [-0.15, -0.1) is 0 Å². The molecule has 0 radical (unpaired) electrons. The number of nitro benzene ring substituents is 1. The van der Waals surface area contributed by atoms with Crippen molar-refractivity contribution < 1.29 is 18.1 Å². The Bertz CT molecular complexity index is 981. The van der Waals surface area contributed by atoms with Crippen LogP contribution in [0.15, 0.2) is 47.4 Å². The van der Waals surface area contributed by atoms with E-state index in [1.807, 2.05) is 0 Å². The lowest BCUT2D eigenvalue weighted by molar-refractivity contribution is -0.385. The minimum absolute atomic E-state index is 0.00757. The summed E-state index contributed by atoms with van der Waals surface area (Å²) in [5.74, 6) is 0. The van der Waals surface area contributed by atoms with Crippen molar-refractivity contribution in [1.82, 2.24) is 0 Å². The number of nitrogens with zero attached hydrogens (tertiary/aromatic N) is 2. The summed E-state index contributed by atoms with van der Waals surface area (Å²) in [4.78, 5) is 21.5. The van der Waals surface area contributed by atoms with Crippen LogP contribution in [0.5, 0.6) is 0 Å². The monoisotopic (exact) mass is 436 g/mol. The first-order chi connectivity index (χ1) is 12.1. The first-order valence-corrected chi connectivity index (χ1v) is 9.56. The van der Waals surface area contributed by atoms with E-state index in [1.54, 1.807) is 0 Å². The summed E-state index contributed by atoms with van der Waals surface area (Å²) in [5.41, 5.74) is -0.500. The standard InChI is InChI=1S/C15H11Cl3N2O5S/c1-9(15(18)21)19(14-7-10(16)5-6-13(14)17)26(24,25)12-4-2-3-11(8-12)20(22)23/h2-9H,1H3. The predicted octanol–water partition coefficient (Wildman–Crippen LogP) is 4.25. The Morgan fingerprint density at radius 2 is 1.85 bits per heavy atom. The van der Waals surface area contributed by atoms with Crippen molar-refractivity contribution in [2.24, 2.45) is 0 Å². The normalized spacial score (nSPS) is 12.5. The maximum Gasteiger partial charge on any atom is 0.270 e. The molecule has 0 fully saturated rings. The van der Waals surface area contributed by atoms with E-state index in [-0.39, 0.29) is 15.7 Å². The molecule has 7 nitrogen and oxygen atoms in total. The van der Waals surface area contributed by atoms with E-state index in [1.165, 1.54) is 37.3 Å². The van der Waals surface area contributed by atoms with Crippen molar-refractivity contribution >= 4 is 61.4 Å². The van der Waals surface area contributed by atoms with Crippen LogP contribution in [0.3, 0.4) is 0 Å². The van der Waals surface area contributed by atoms with E-state index in [4.69, 9.17) is 34.8 Å². The second-order valence-corrected chi connectivity index (χ2v) is 8.16. The molecule has 0 bridgehead atoms. The van der Waals surface area contributed by atoms with Crippen molar-refractivity contribution in [2.45, 2.75) is 17.9 Å². The number of rotatable bonds is 6. The zero-order chi connectivity index (χ0) is 19.6. The van der Waals surface area contributed by atoms with Crippen LogP contribution >= 0.6 is 34.8 Å². The summed E-state index contributed by atoms with van der Waals surface area (Å²) in [5, 5.41) is 10.2. The first-order valence-electron chi connectivity index (χ1n) is 6.99. The number of carbonyl (C=O) groups is 1. The van der Waals surface area contributed by atoms with Crippen LogP contribution in [0.25, 0.3) is 0 Å². The highest BCUT2D eigenvalue weighted by molar-refractivity contribution is 7.93. The minimum atomic E-state index is -4.41. The molecule has 2 aromatic rings. The number of hydrogen-bond donors (Lipinski definition) is 0. The topological polar surface area (TPSA) is 97.6 Å². The number of sulfonamides is 1. The van der Waals surface area contributed by atoms with Crippen molar-refractivity contribution in [1.29, 1.82) is 0 Å². The molecule has 0 aliphatic carbocycles. The zero-order valence-electron chi connectivity index (χ0n) is 13.1. The number of nitro groups is 1. The number of carbonyl (C=O) groups excluding carboxylic acids is 1. The van der Waals surface area contributed by atoms with Gasteiger partial charge >= 0.3 is 0 Å². The molecule has 26 heavy (non-hydrogen) atoms. The lowest BCUT2D eigenvalue weighted by Gasteiger charge is -2.29. The molecule has 0 aliphatic rings. The third-order valence-electron chi connectivity index (χ3n) is 3.41. The molecule has 1 atom stereocenters. The summed E-state index contributed by atoms with van der Waals surface area (Å²) in [6.07, 6.45) is 0. The number of benzene rings is 2. The quantitative estimate of drug-likeness (QED) is 0.382. The van der Waals surface area contributed by atoms with Gasteiger partial charge in [-0.3, -0.25) is 19.2 Å². The molecule has 0 saturated carbocycles. The Morgan fingerprint density at radius 1 is 1.19 bits per heavy atom. The molecule has 0 amide bonds. The third kappa shape index (κ3) is 4.09. The van der Waals surface area contributed by atoms with Gasteiger partial charge in [-0.2, -0.15) is 0 Å². The molecule has 0 aliphatic heterocycles. The molecule has 2 aromatic carbocycles. The Morgan fingerprint density at radius 3 is 2.42 bits per heavy atom. The van der Waals surface area contributed by atoms with Gasteiger partial charge in [0.25, 0.3) is 15.7 Å². The molecule has 11 heteroatoms. The maximum atomic E-state index is 13.1. The first kappa shape index (κ1) is 20.4. The summed E-state index contributed by atoms with van der Waals surface area (Å²) in [6, 6.07) is 7.14. The van der Waals surface area contributed by atoms with E-state index < -0.39 is 36.8 Å². The van der Waals surface area contributed by atoms with Gasteiger partial charge in [0.15, 0.2) is 0 Å². The number of halogens is 3. The highest BCUT2D eigenvalue weighted by atomic mass is 35.5. The molecule has 2 rings (SSSR count). The van der Waals surface area contributed by atoms with Gasteiger partial charge in [0.05, 0.1) is 20.5 Å². The van der Waals surface area contributed by atoms with Crippen LogP contribution in [-0.4, -0.2) is 24.6 Å². The molecular formula is C15H11Cl3N2O5S. The van der Waals surface area contributed by atoms with E-state index in [2.05, 4.69) is 0 Å². The SMILES string of the molecule is CC(C(=O)Cl)N(c1cc(Cl)ccc1Cl)S(=O)(=O)c1cccc([N+](=O)[O-])c1. The lowest BCUT2D eigenvalue weighted by Crippen LogP contribution is -2.42. The van der Waals surface area contributed by atoms with Crippen LogP contribution in [0.4, 0.5) is 11.4 Å². The molecule has 0 spiro atoms. The van der Waals surface area contributed by atoms with E-state index in [0.29, 0.717) is 4.31 Å². The molecular weight excluding hydrogens is 427 g/mol. The summed E-state index contributed by atoms with van der Waals surface area (Å²) >= 11 is 17.5. The van der Waals surface area contributed by atoms with Crippen LogP contribution in [0.1, 0.15) is 6.92 Å². The lowest BCUT2D eigenvalue weighted by atomic mass is 10.3.